The van der Waals surface area contributed by atoms with E-state index in [2.05, 4.69) is 20.6 Å². The molecule has 0 radical (unpaired) electrons. The summed E-state index contributed by atoms with van der Waals surface area (Å²) in [4.78, 5) is 41.1. The van der Waals surface area contributed by atoms with Crippen molar-refractivity contribution in [3.63, 3.8) is 0 Å². The van der Waals surface area contributed by atoms with Gasteiger partial charge < -0.3 is 14.6 Å². The molecule has 2 aromatic heterocycles. The summed E-state index contributed by atoms with van der Waals surface area (Å²) >= 11 is 0. The second-order valence-electron chi connectivity index (χ2n) is 8.55. The summed E-state index contributed by atoms with van der Waals surface area (Å²) in [6, 6.07) is 6.27. The number of nitrogens with zero attached hydrogens (tertiary/aromatic N) is 2. The Bertz CT molecular complexity index is 922. The van der Waals surface area contributed by atoms with Crippen LogP contribution in [0.15, 0.2) is 36.7 Å². The number of nitrogens with one attached hydrogen (secondary N) is 2. The molecule has 10 heteroatoms. The molecule has 0 saturated carbocycles. The van der Waals surface area contributed by atoms with Crippen molar-refractivity contribution in [2.75, 3.05) is 10.6 Å². The molecular formula is C27H50N4O6. The number of carbonyl (C=O) groups excluding carboxylic acids is 3. The van der Waals surface area contributed by atoms with E-state index in [9.17, 15) is 14.4 Å². The minimum atomic E-state index is -0.594. The van der Waals surface area contributed by atoms with Crippen LogP contribution in [0.1, 0.15) is 94.6 Å². The number of aliphatic hydroxyl groups excluding tert-OH is 1. The van der Waals surface area contributed by atoms with Gasteiger partial charge in [0.05, 0.1) is 6.61 Å². The zero-order chi connectivity index (χ0) is 24.4. The van der Waals surface area contributed by atoms with Gasteiger partial charge in [-0.3, -0.25) is 15.4 Å². The molecule has 10 nitrogen and oxygen atoms in total. The van der Waals surface area contributed by atoms with Gasteiger partial charge in [0.25, 0.3) is 0 Å². The Balaban J connectivity index is -0.000000163. The third kappa shape index (κ3) is 20.4. The summed E-state index contributed by atoms with van der Waals surface area (Å²) < 4.78 is 10.1. The van der Waals surface area contributed by atoms with Crippen LogP contribution < -0.4 is 10.6 Å². The first-order valence-corrected chi connectivity index (χ1v) is 9.78. The topological polar surface area (TPSA) is 140 Å². The SMILES string of the molecule is C.C.C.C.C.CC(C)(C)OC(=O)Nc1cc(C=O)ccn1.CC(C)(C)OC(=O)Nc1cc(CO)ccn1. The van der Waals surface area contributed by atoms with E-state index in [0.717, 1.165) is 0 Å². The number of aldehydes is 1. The van der Waals surface area contributed by atoms with Crippen LogP contribution in [0.3, 0.4) is 0 Å². The number of aromatic nitrogens is 2. The number of pyridine rings is 2. The number of ether oxygens (including phenoxy) is 2. The fourth-order valence-electron chi connectivity index (χ4n) is 2.05. The fraction of sp³-hybridized carbons (Fsp3) is 0.519. The van der Waals surface area contributed by atoms with E-state index in [1.807, 2.05) is 0 Å². The molecule has 214 valence electrons. The van der Waals surface area contributed by atoms with E-state index < -0.39 is 23.4 Å². The Hall–Kier alpha value is -3.53. The van der Waals surface area contributed by atoms with Crippen molar-refractivity contribution in [3.8, 4) is 0 Å². The van der Waals surface area contributed by atoms with Crippen LogP contribution in [-0.4, -0.2) is 44.7 Å². The molecular weight excluding hydrogens is 476 g/mol. The number of aliphatic hydroxyl groups is 1. The summed E-state index contributed by atoms with van der Waals surface area (Å²) in [5.41, 5.74) is 0.0208. The smallest absolute Gasteiger partial charge is 0.413 e. The number of anilines is 2. The van der Waals surface area contributed by atoms with Crippen LogP contribution in [-0.2, 0) is 16.1 Å². The van der Waals surface area contributed by atoms with Gasteiger partial charge in [-0.05, 0) is 71.4 Å². The Labute approximate surface area is 224 Å². The van der Waals surface area contributed by atoms with Crippen molar-refractivity contribution in [1.29, 1.82) is 0 Å². The third-order valence-corrected chi connectivity index (χ3v) is 3.19. The number of carbonyl (C=O) groups is 3. The highest BCUT2D eigenvalue weighted by Gasteiger charge is 2.17. The summed E-state index contributed by atoms with van der Waals surface area (Å²) in [6.07, 6.45) is 2.48. The average molecular weight is 527 g/mol. The van der Waals surface area contributed by atoms with Crippen LogP contribution in [0.2, 0.25) is 0 Å². The van der Waals surface area contributed by atoms with Crippen molar-refractivity contribution >= 4 is 30.1 Å². The number of rotatable bonds is 4. The van der Waals surface area contributed by atoms with Gasteiger partial charge in [0.1, 0.15) is 29.1 Å². The monoisotopic (exact) mass is 526 g/mol. The lowest BCUT2D eigenvalue weighted by molar-refractivity contribution is 0.0624. The third-order valence-electron chi connectivity index (χ3n) is 3.19. The maximum absolute atomic E-state index is 11.4. The zero-order valence-electron chi connectivity index (χ0n) is 19.1. The second-order valence-corrected chi connectivity index (χ2v) is 8.55. The molecule has 0 unspecified atom stereocenters. The van der Waals surface area contributed by atoms with E-state index >= 15 is 0 Å². The fourth-order valence-corrected chi connectivity index (χ4v) is 2.05. The first kappa shape index (κ1) is 43.5. The van der Waals surface area contributed by atoms with Crippen LogP contribution in [0.5, 0.6) is 0 Å². The van der Waals surface area contributed by atoms with E-state index in [-0.39, 0.29) is 43.7 Å². The molecule has 3 N–H and O–H groups in total. The van der Waals surface area contributed by atoms with Gasteiger partial charge in [0.2, 0.25) is 0 Å². The Morgan fingerprint density at radius 2 is 1.22 bits per heavy atom. The highest BCUT2D eigenvalue weighted by molar-refractivity contribution is 5.85. The molecule has 0 aromatic carbocycles. The Morgan fingerprint density at radius 1 is 0.811 bits per heavy atom. The van der Waals surface area contributed by atoms with Crippen molar-refractivity contribution in [2.24, 2.45) is 0 Å². The molecule has 0 aliphatic heterocycles. The Morgan fingerprint density at radius 3 is 1.59 bits per heavy atom. The molecule has 37 heavy (non-hydrogen) atoms. The van der Waals surface area contributed by atoms with Crippen LogP contribution in [0.4, 0.5) is 21.2 Å². The lowest BCUT2D eigenvalue weighted by Gasteiger charge is -2.19. The van der Waals surface area contributed by atoms with Crippen molar-refractivity contribution in [1.82, 2.24) is 9.97 Å². The molecule has 0 aliphatic rings. The number of hydrogen-bond donors (Lipinski definition) is 3. The highest BCUT2D eigenvalue weighted by atomic mass is 16.6. The molecule has 2 heterocycles. The number of amides is 2. The predicted octanol–water partition coefficient (Wildman–Crippen LogP) is 7.34. The molecule has 0 fully saturated rings. The minimum absolute atomic E-state index is 0. The van der Waals surface area contributed by atoms with Crippen LogP contribution in [0.25, 0.3) is 0 Å². The maximum Gasteiger partial charge on any atom is 0.413 e. The molecule has 0 bridgehead atoms. The zero-order valence-corrected chi connectivity index (χ0v) is 19.1. The van der Waals surface area contributed by atoms with Gasteiger partial charge in [0, 0.05) is 18.0 Å². The quantitative estimate of drug-likeness (QED) is 0.351. The molecule has 2 rings (SSSR count). The Kier molecular flexibility index (Phi) is 23.1. The second kappa shape index (κ2) is 19.6. The minimum Gasteiger partial charge on any atom is -0.444 e. The van der Waals surface area contributed by atoms with E-state index in [1.54, 1.807) is 59.7 Å². The maximum atomic E-state index is 11.4. The standard InChI is InChI=1S/C11H16N2O3.C11H14N2O3.5CH4/c2*1-11(2,3)16-10(15)13-9-6-8(7-14)4-5-12-9;;;;;/h4-6,14H,7H2,1-3H3,(H,12,13,15);4-7H,1-3H3,(H,12,13,15);5*1H4. The van der Waals surface area contributed by atoms with Crippen LogP contribution >= 0.6 is 0 Å². The molecule has 0 saturated heterocycles. The first-order valence-electron chi connectivity index (χ1n) is 9.78. The van der Waals surface area contributed by atoms with Crippen LogP contribution in [0, 0.1) is 0 Å². The molecule has 0 spiro atoms. The molecule has 0 atom stereocenters. The lowest BCUT2D eigenvalue weighted by Crippen LogP contribution is -2.27. The summed E-state index contributed by atoms with van der Waals surface area (Å²) in [5.74, 6) is 0.652. The van der Waals surface area contributed by atoms with E-state index in [0.29, 0.717) is 29.0 Å². The van der Waals surface area contributed by atoms with E-state index in [1.165, 1.54) is 18.5 Å². The van der Waals surface area contributed by atoms with Crippen molar-refractivity contribution in [2.45, 2.75) is 96.5 Å². The average Bonchev–Trinajstić information content (AvgIpc) is 2.65. The lowest BCUT2D eigenvalue weighted by atomic mass is 10.2. The number of hydrogen-bond acceptors (Lipinski definition) is 8. The van der Waals surface area contributed by atoms with Gasteiger partial charge in [-0.2, -0.15) is 0 Å². The van der Waals surface area contributed by atoms with Gasteiger partial charge >= 0.3 is 12.2 Å². The summed E-state index contributed by atoms with van der Waals surface area (Å²) in [5, 5.41) is 13.8. The largest absolute Gasteiger partial charge is 0.444 e. The van der Waals surface area contributed by atoms with Gasteiger partial charge in [0.15, 0.2) is 0 Å². The predicted molar refractivity (Wildman–Crippen MR) is 153 cm³/mol. The van der Waals surface area contributed by atoms with Gasteiger partial charge in [-0.25, -0.2) is 19.6 Å². The normalized spacial score (nSPS) is 9.38. The highest BCUT2D eigenvalue weighted by Crippen LogP contribution is 2.12. The summed E-state index contributed by atoms with van der Waals surface area (Å²) in [6.45, 7) is 10.6. The molecule has 2 aromatic rings. The van der Waals surface area contributed by atoms with Crippen molar-refractivity contribution in [3.05, 3.63) is 47.8 Å². The summed E-state index contributed by atoms with van der Waals surface area (Å²) in [7, 11) is 0. The van der Waals surface area contributed by atoms with Gasteiger partial charge in [-0.1, -0.05) is 37.1 Å². The van der Waals surface area contributed by atoms with E-state index in [4.69, 9.17) is 14.6 Å². The molecule has 0 aliphatic carbocycles. The first-order chi connectivity index (χ1) is 14.8. The van der Waals surface area contributed by atoms with Crippen molar-refractivity contribution < 1.29 is 29.0 Å². The molecule has 2 amide bonds. The van der Waals surface area contributed by atoms with Gasteiger partial charge in [-0.15, -0.1) is 0 Å².